The molecule has 6 aliphatic rings. The van der Waals surface area contributed by atoms with E-state index in [1.54, 1.807) is 43.4 Å². The molecular formula is C41H41BrN2O11. The second-order valence-corrected chi connectivity index (χ2v) is 15.7. The number of anilines is 1. The number of ether oxygens (including phenoxy) is 4. The number of aliphatic hydroxyl groups is 1. The van der Waals surface area contributed by atoms with Gasteiger partial charge in [-0.2, -0.15) is 0 Å². The van der Waals surface area contributed by atoms with E-state index in [4.69, 9.17) is 28.3 Å². The number of fused-ring (bicyclic) bond motifs is 9. The molecule has 1 saturated heterocycles. The zero-order valence-corrected chi connectivity index (χ0v) is 32.8. The molecule has 0 aromatic heterocycles. The molecule has 55 heavy (non-hydrogen) atoms. The summed E-state index contributed by atoms with van der Waals surface area (Å²) >= 11 is 3.43. The van der Waals surface area contributed by atoms with Crippen molar-refractivity contribution in [3.8, 4) is 23.0 Å². The highest BCUT2D eigenvalue weighted by atomic mass is 79.9. The molecule has 0 unspecified atom stereocenters. The molecule has 5 heterocycles. The van der Waals surface area contributed by atoms with Crippen molar-refractivity contribution in [2.45, 2.75) is 85.1 Å². The average molecular weight is 818 g/mol. The minimum absolute atomic E-state index is 0.00493. The van der Waals surface area contributed by atoms with Gasteiger partial charge in [-0.05, 0) is 50.5 Å². The summed E-state index contributed by atoms with van der Waals surface area (Å²) < 4.78 is 31.2. The topological polar surface area (TPSA) is 184 Å². The van der Waals surface area contributed by atoms with Gasteiger partial charge in [-0.3, -0.25) is 19.2 Å². The number of hydrogen-bond donors (Lipinski definition) is 3. The van der Waals surface area contributed by atoms with E-state index in [-0.39, 0.29) is 73.7 Å². The maximum Gasteiger partial charge on any atom is 0.312 e. The van der Waals surface area contributed by atoms with Gasteiger partial charge in [0.1, 0.15) is 40.6 Å². The minimum atomic E-state index is -1.93. The monoisotopic (exact) mass is 816 g/mol. The number of Topliss-reactive ketones (excluding diaryl/α,β-unsaturated/α-hetero) is 1. The average Bonchev–Trinajstić information content (AvgIpc) is 3.58. The van der Waals surface area contributed by atoms with Gasteiger partial charge in [-0.25, -0.2) is 4.98 Å². The van der Waals surface area contributed by atoms with Crippen molar-refractivity contribution in [2.24, 2.45) is 17.8 Å². The zero-order chi connectivity index (χ0) is 39.7. The fourth-order valence-electron chi connectivity index (χ4n) is 7.67. The highest BCUT2D eigenvalue weighted by Gasteiger charge is 2.51. The van der Waals surface area contributed by atoms with Gasteiger partial charge in [0, 0.05) is 46.7 Å². The van der Waals surface area contributed by atoms with Crippen molar-refractivity contribution in [3.05, 3.63) is 80.2 Å². The molecule has 1 amide bonds. The lowest BCUT2D eigenvalue weighted by molar-refractivity contribution is -0.163. The maximum atomic E-state index is 14.5. The number of benzene rings is 3. The van der Waals surface area contributed by atoms with Crippen molar-refractivity contribution in [1.29, 1.82) is 0 Å². The van der Waals surface area contributed by atoms with Gasteiger partial charge in [0.05, 0.1) is 29.4 Å². The Morgan fingerprint density at radius 3 is 2.58 bits per heavy atom. The van der Waals surface area contributed by atoms with Crippen LogP contribution >= 0.6 is 15.9 Å². The summed E-state index contributed by atoms with van der Waals surface area (Å²) in [4.78, 5) is 59.7. The number of rotatable bonds is 1. The SMILES string of the molecule is CC(=O)O[C@H]1[C@@H]2O[C@H]([C@@H](C)[C@H]2O)[C@@H](C)/C=C/C=C(/C)C(=O)Nc2c3oc4cc(Br)ccc4nc-3c3c4c(c(C)c(O)c3c2=O)O[C@](C)(O/C=C/C[C@H]1C)C4=O. The molecule has 13 nitrogen and oxygen atoms in total. The molecule has 2 aromatic rings. The van der Waals surface area contributed by atoms with Crippen LogP contribution in [-0.2, 0) is 23.8 Å². The smallest absolute Gasteiger partial charge is 0.312 e. The van der Waals surface area contributed by atoms with E-state index < -0.39 is 59.0 Å². The van der Waals surface area contributed by atoms with Crippen LogP contribution in [0.25, 0.3) is 33.3 Å². The largest absolute Gasteiger partial charge is 0.507 e. The Morgan fingerprint density at radius 1 is 1.11 bits per heavy atom. The van der Waals surface area contributed by atoms with Crippen LogP contribution in [0, 0.1) is 24.7 Å². The molecule has 7 bridgehead atoms. The number of amides is 1. The highest BCUT2D eigenvalue weighted by molar-refractivity contribution is 9.10. The second-order valence-electron chi connectivity index (χ2n) is 14.8. The normalized spacial score (nSPS) is 30.6. The summed E-state index contributed by atoms with van der Waals surface area (Å²) in [6.45, 7) is 11.4. The molecule has 2 aromatic carbocycles. The summed E-state index contributed by atoms with van der Waals surface area (Å²) in [7, 11) is 0. The van der Waals surface area contributed by atoms with E-state index in [2.05, 4.69) is 21.2 Å². The molecule has 0 radical (unpaired) electrons. The Balaban J connectivity index is 1.42. The molecule has 0 spiro atoms. The number of aliphatic hydroxyl groups excluding tert-OH is 1. The van der Waals surface area contributed by atoms with E-state index in [1.807, 2.05) is 26.8 Å². The summed E-state index contributed by atoms with van der Waals surface area (Å²) in [5.74, 6) is -5.25. The van der Waals surface area contributed by atoms with Crippen LogP contribution < -0.4 is 15.5 Å². The van der Waals surface area contributed by atoms with Crippen molar-refractivity contribution in [2.75, 3.05) is 5.32 Å². The Bertz CT molecular complexity index is 2400. The first-order valence-corrected chi connectivity index (χ1v) is 18.8. The molecule has 0 saturated carbocycles. The second kappa shape index (κ2) is 14.2. The molecule has 1 fully saturated rings. The Hall–Kier alpha value is -5.05. The van der Waals surface area contributed by atoms with Gasteiger partial charge in [-0.15, -0.1) is 0 Å². The first-order valence-electron chi connectivity index (χ1n) is 18.0. The lowest BCUT2D eigenvalue weighted by Gasteiger charge is -2.30. The fraction of sp³-hybridized carbons (Fsp3) is 0.390. The van der Waals surface area contributed by atoms with Crippen LogP contribution in [0.4, 0.5) is 5.69 Å². The van der Waals surface area contributed by atoms with Crippen LogP contribution in [0.5, 0.6) is 11.5 Å². The predicted octanol–water partition coefficient (Wildman–Crippen LogP) is 6.86. The number of hydrogen-bond acceptors (Lipinski definition) is 12. The maximum absolute atomic E-state index is 14.5. The van der Waals surface area contributed by atoms with Gasteiger partial charge < -0.3 is 38.9 Å². The van der Waals surface area contributed by atoms with Gasteiger partial charge in [-0.1, -0.05) is 54.9 Å². The quantitative estimate of drug-likeness (QED) is 0.103. The van der Waals surface area contributed by atoms with Gasteiger partial charge in [0.25, 0.3) is 11.7 Å². The van der Waals surface area contributed by atoms with Crippen LogP contribution in [-0.4, -0.2) is 63.1 Å². The van der Waals surface area contributed by atoms with Crippen LogP contribution in [0.15, 0.2) is 68.0 Å². The number of carbonyl (C=O) groups is 3. The van der Waals surface area contributed by atoms with E-state index in [0.29, 0.717) is 16.4 Å². The summed E-state index contributed by atoms with van der Waals surface area (Å²) in [6, 6.07) is 5.09. The number of nitrogens with one attached hydrogen (secondary N) is 1. The number of ketones is 1. The van der Waals surface area contributed by atoms with E-state index in [0.717, 1.165) is 0 Å². The summed E-state index contributed by atoms with van der Waals surface area (Å²) in [5, 5.41) is 25.3. The third-order valence-electron chi connectivity index (χ3n) is 10.8. The van der Waals surface area contributed by atoms with Gasteiger partial charge >= 0.3 is 11.8 Å². The minimum Gasteiger partial charge on any atom is -0.507 e. The number of aromatic nitrogens is 1. The molecule has 288 valence electrons. The van der Waals surface area contributed by atoms with E-state index in [9.17, 15) is 29.4 Å². The molecular weight excluding hydrogens is 776 g/mol. The third kappa shape index (κ3) is 6.49. The number of halogens is 1. The Morgan fingerprint density at radius 2 is 1.85 bits per heavy atom. The standard InChI is InChI=1S/C41H41BrN2O11/c1-17-10-8-11-19(3)40(50)44-30-33(48)27-26(29-37(30)53-25-16-23(42)13-14-24(25)43-29)28-36(20(4)31(27)46)55-41(7,39(28)49)51-15-9-12-18(2)35(52-22(6)45)38-32(47)21(5)34(17)54-38/h8-11,13-18,21,32,34-35,38,46-47H,12H2,1-7H3,(H,44,50)/b10-8+,15-9+,19-11-/t17-,18+,21-,32+,34-,35+,38+,41-/m0/s1. The highest BCUT2D eigenvalue weighted by Crippen LogP contribution is 2.50. The number of esters is 1. The predicted molar refractivity (Wildman–Crippen MR) is 206 cm³/mol. The first kappa shape index (κ1) is 38.2. The number of allylic oxidation sites excluding steroid dienone is 3. The third-order valence-corrected chi connectivity index (χ3v) is 11.3. The van der Waals surface area contributed by atoms with Crippen LogP contribution in [0.1, 0.15) is 63.9 Å². The summed E-state index contributed by atoms with van der Waals surface area (Å²) in [5.41, 5.74) is -0.0940. The van der Waals surface area contributed by atoms with Crippen LogP contribution in [0.2, 0.25) is 0 Å². The van der Waals surface area contributed by atoms with Crippen molar-refractivity contribution in [3.63, 3.8) is 0 Å². The molecule has 8 rings (SSSR count). The van der Waals surface area contributed by atoms with E-state index in [1.165, 1.54) is 27.0 Å². The Labute approximate surface area is 324 Å². The number of carbonyl (C=O) groups excluding carboxylic acids is 3. The summed E-state index contributed by atoms with van der Waals surface area (Å²) in [6.07, 6.45) is 5.33. The van der Waals surface area contributed by atoms with Crippen molar-refractivity contribution >= 4 is 61.1 Å². The lowest BCUT2D eigenvalue weighted by atomic mass is 9.87. The number of phenols is 1. The molecule has 5 aliphatic heterocycles. The molecule has 1 aliphatic carbocycles. The van der Waals surface area contributed by atoms with E-state index >= 15 is 0 Å². The number of phenolic OH excluding ortho intramolecular Hbond substituents is 1. The molecule has 14 heteroatoms. The van der Waals surface area contributed by atoms with Crippen LogP contribution in [0.3, 0.4) is 0 Å². The molecule has 3 N–H and O–H groups in total. The first-order chi connectivity index (χ1) is 26.0. The zero-order valence-electron chi connectivity index (χ0n) is 31.3. The number of aromatic hydroxyl groups is 1. The van der Waals surface area contributed by atoms with Gasteiger partial charge in [0.15, 0.2) is 11.3 Å². The Kier molecular flexibility index (Phi) is 9.89. The fourth-order valence-corrected chi connectivity index (χ4v) is 8.01. The van der Waals surface area contributed by atoms with Crippen molar-refractivity contribution < 1.29 is 48.0 Å². The number of nitrogens with zero attached hydrogens (tertiary/aromatic N) is 1. The van der Waals surface area contributed by atoms with Crippen molar-refractivity contribution in [1.82, 2.24) is 4.98 Å². The molecule has 8 atom stereocenters. The lowest BCUT2D eigenvalue weighted by Crippen LogP contribution is -2.43. The van der Waals surface area contributed by atoms with Gasteiger partial charge in [0.2, 0.25) is 5.43 Å².